The number of ether oxygens (including phenoxy) is 2. The number of esters is 2. The van der Waals surface area contributed by atoms with Crippen molar-refractivity contribution in [3.63, 3.8) is 0 Å². The van der Waals surface area contributed by atoms with Crippen LogP contribution in [-0.2, 0) is 25.5 Å². The van der Waals surface area contributed by atoms with Crippen LogP contribution in [0.1, 0.15) is 19.4 Å². The summed E-state index contributed by atoms with van der Waals surface area (Å²) in [6, 6.07) is 5.24. The van der Waals surface area contributed by atoms with Crippen molar-refractivity contribution >= 4 is 17.9 Å². The van der Waals surface area contributed by atoms with Gasteiger partial charge in [0.15, 0.2) is 0 Å². The number of nitrogens with two attached hydrogens (primary N) is 1. The predicted octanol–water partition coefficient (Wildman–Crippen LogP) is 0.0876. The van der Waals surface area contributed by atoms with Gasteiger partial charge in [0.05, 0.1) is 6.04 Å². The van der Waals surface area contributed by atoms with Gasteiger partial charge < -0.3 is 25.6 Å². The smallest absolute Gasteiger partial charge is 0.321 e. The van der Waals surface area contributed by atoms with E-state index in [1.54, 1.807) is 24.3 Å². The van der Waals surface area contributed by atoms with Crippen LogP contribution in [0.4, 0.5) is 0 Å². The second kappa shape index (κ2) is 9.64. The van der Waals surface area contributed by atoms with E-state index in [9.17, 15) is 19.5 Å². The van der Waals surface area contributed by atoms with Crippen LogP contribution in [0.2, 0.25) is 0 Å². The molecule has 0 unspecified atom stereocenters. The minimum atomic E-state index is -1.02. The van der Waals surface area contributed by atoms with Crippen LogP contribution in [-0.4, -0.2) is 48.2 Å². The number of rotatable bonds is 9. The Hall–Kier alpha value is -2.45. The number of carboxylic acid groups (broad SMARTS) is 1. The Morgan fingerprint density at radius 3 is 2.29 bits per heavy atom. The van der Waals surface area contributed by atoms with Gasteiger partial charge in [-0.2, -0.15) is 0 Å². The maximum Gasteiger partial charge on any atom is 0.321 e. The molecule has 0 saturated heterocycles. The van der Waals surface area contributed by atoms with Gasteiger partial charge in [0, 0.05) is 20.4 Å². The molecule has 2 atom stereocenters. The van der Waals surface area contributed by atoms with Gasteiger partial charge in [0.2, 0.25) is 0 Å². The number of carbonyl (C=O) groups excluding carboxylic acids is 2. The average molecular weight is 338 g/mol. The topological polar surface area (TPSA) is 128 Å². The zero-order valence-corrected chi connectivity index (χ0v) is 13.7. The fourth-order valence-corrected chi connectivity index (χ4v) is 1.92. The molecule has 1 rings (SSSR count). The molecule has 0 spiro atoms. The highest BCUT2D eigenvalue weighted by Crippen LogP contribution is 2.13. The van der Waals surface area contributed by atoms with E-state index in [0.717, 1.165) is 5.56 Å². The Labute approximate surface area is 139 Å². The summed E-state index contributed by atoms with van der Waals surface area (Å²) in [7, 11) is 0. The van der Waals surface area contributed by atoms with Crippen molar-refractivity contribution in [3.8, 4) is 5.75 Å². The Balaban J connectivity index is 2.55. The molecule has 0 aliphatic heterocycles. The lowest BCUT2D eigenvalue weighted by atomic mass is 10.1. The minimum absolute atomic E-state index is 0.0196. The number of nitrogens with one attached hydrogen (secondary N) is 1. The van der Waals surface area contributed by atoms with Crippen LogP contribution >= 0.6 is 0 Å². The minimum Gasteiger partial charge on any atom is -0.480 e. The van der Waals surface area contributed by atoms with Gasteiger partial charge in [0.25, 0.3) is 0 Å². The van der Waals surface area contributed by atoms with E-state index in [1.165, 1.54) is 13.8 Å². The number of benzene rings is 1. The molecule has 0 bridgehead atoms. The first kappa shape index (κ1) is 19.6. The highest BCUT2D eigenvalue weighted by atomic mass is 16.5. The number of carbonyl (C=O) groups is 3. The van der Waals surface area contributed by atoms with E-state index in [1.807, 2.05) is 0 Å². The molecular weight excluding hydrogens is 316 g/mol. The number of hydrogen-bond donors (Lipinski definition) is 3. The van der Waals surface area contributed by atoms with E-state index < -0.39 is 30.0 Å². The standard InChI is InChI=1S/C16H22N2O6/c1-10(19)23-9-13(17)8-18-15(16(21)22)7-12-3-5-14(6-4-12)24-11(2)20/h3-6,13,15,18H,7-9,17H2,1-2H3,(H,21,22)/t13-,15+/m1/s1. The Morgan fingerprint density at radius 1 is 1.17 bits per heavy atom. The van der Waals surface area contributed by atoms with Crippen molar-refractivity contribution in [2.75, 3.05) is 13.2 Å². The highest BCUT2D eigenvalue weighted by Gasteiger charge is 2.19. The van der Waals surface area contributed by atoms with Gasteiger partial charge in [-0.05, 0) is 24.1 Å². The van der Waals surface area contributed by atoms with E-state index in [-0.39, 0.29) is 19.6 Å². The predicted molar refractivity (Wildman–Crippen MR) is 85.5 cm³/mol. The normalized spacial score (nSPS) is 13.0. The van der Waals surface area contributed by atoms with Gasteiger partial charge in [-0.25, -0.2) is 0 Å². The summed E-state index contributed by atoms with van der Waals surface area (Å²) < 4.78 is 9.68. The molecule has 0 aromatic heterocycles. The van der Waals surface area contributed by atoms with Crippen LogP contribution in [0.25, 0.3) is 0 Å². The maximum absolute atomic E-state index is 11.3. The summed E-state index contributed by atoms with van der Waals surface area (Å²) in [6.07, 6.45) is 0.232. The largest absolute Gasteiger partial charge is 0.480 e. The Morgan fingerprint density at radius 2 is 1.79 bits per heavy atom. The Kier molecular flexibility index (Phi) is 7.87. The average Bonchev–Trinajstić information content (AvgIpc) is 2.50. The summed E-state index contributed by atoms with van der Waals surface area (Å²) in [5.74, 6) is -1.48. The third kappa shape index (κ3) is 7.70. The maximum atomic E-state index is 11.3. The number of carboxylic acids is 1. The summed E-state index contributed by atoms with van der Waals surface area (Å²) in [6.45, 7) is 2.79. The lowest BCUT2D eigenvalue weighted by Gasteiger charge is -2.18. The molecule has 1 aromatic carbocycles. The molecule has 0 heterocycles. The van der Waals surface area contributed by atoms with Gasteiger partial charge in [-0.15, -0.1) is 0 Å². The van der Waals surface area contributed by atoms with E-state index >= 15 is 0 Å². The van der Waals surface area contributed by atoms with Gasteiger partial charge in [-0.1, -0.05) is 12.1 Å². The van der Waals surface area contributed by atoms with Crippen LogP contribution in [0.15, 0.2) is 24.3 Å². The van der Waals surface area contributed by atoms with E-state index in [2.05, 4.69) is 5.32 Å². The first-order chi connectivity index (χ1) is 11.3. The van der Waals surface area contributed by atoms with E-state index in [0.29, 0.717) is 5.75 Å². The molecule has 8 nitrogen and oxygen atoms in total. The van der Waals surface area contributed by atoms with E-state index in [4.69, 9.17) is 15.2 Å². The molecule has 0 saturated carbocycles. The van der Waals surface area contributed by atoms with Gasteiger partial charge >= 0.3 is 17.9 Å². The molecular formula is C16H22N2O6. The second-order valence-corrected chi connectivity index (χ2v) is 5.30. The van der Waals surface area contributed by atoms with Crippen molar-refractivity contribution in [1.82, 2.24) is 5.32 Å². The zero-order chi connectivity index (χ0) is 18.1. The van der Waals surface area contributed by atoms with Crippen molar-refractivity contribution < 1.29 is 29.0 Å². The van der Waals surface area contributed by atoms with Gasteiger partial charge in [0.1, 0.15) is 18.4 Å². The first-order valence-corrected chi connectivity index (χ1v) is 7.40. The molecule has 0 aliphatic rings. The summed E-state index contributed by atoms with van der Waals surface area (Å²) >= 11 is 0. The molecule has 4 N–H and O–H groups in total. The lowest BCUT2D eigenvalue weighted by molar-refractivity contribution is -0.142. The SMILES string of the molecule is CC(=O)OC[C@H](N)CN[C@@H](Cc1ccc(OC(C)=O)cc1)C(=O)O. The fraction of sp³-hybridized carbons (Fsp3) is 0.438. The van der Waals surface area contributed by atoms with Crippen LogP contribution < -0.4 is 15.8 Å². The van der Waals surface area contributed by atoms with Crippen LogP contribution in [0.3, 0.4) is 0 Å². The second-order valence-electron chi connectivity index (χ2n) is 5.30. The first-order valence-electron chi connectivity index (χ1n) is 7.40. The molecule has 0 fully saturated rings. The van der Waals surface area contributed by atoms with Crippen LogP contribution in [0.5, 0.6) is 5.75 Å². The zero-order valence-electron chi connectivity index (χ0n) is 13.7. The van der Waals surface area contributed by atoms with Gasteiger partial charge in [-0.3, -0.25) is 14.4 Å². The molecule has 0 aliphatic carbocycles. The summed E-state index contributed by atoms with van der Waals surface area (Å²) in [5, 5.41) is 12.1. The molecule has 0 radical (unpaired) electrons. The highest BCUT2D eigenvalue weighted by molar-refractivity contribution is 5.74. The lowest BCUT2D eigenvalue weighted by Crippen LogP contribution is -2.46. The summed E-state index contributed by atoms with van der Waals surface area (Å²) in [4.78, 5) is 32.9. The molecule has 1 aromatic rings. The number of hydrogen-bond acceptors (Lipinski definition) is 7. The number of aliphatic carboxylic acids is 1. The van der Waals surface area contributed by atoms with Crippen molar-refractivity contribution in [2.24, 2.45) is 5.73 Å². The monoisotopic (exact) mass is 338 g/mol. The quantitative estimate of drug-likeness (QED) is 0.427. The third-order valence-electron chi connectivity index (χ3n) is 3.05. The molecule has 132 valence electrons. The Bertz CT molecular complexity index is 572. The van der Waals surface area contributed by atoms with Crippen molar-refractivity contribution in [3.05, 3.63) is 29.8 Å². The molecule has 0 amide bonds. The third-order valence-corrected chi connectivity index (χ3v) is 3.05. The van der Waals surface area contributed by atoms with Crippen LogP contribution in [0, 0.1) is 0 Å². The molecule has 24 heavy (non-hydrogen) atoms. The van der Waals surface area contributed by atoms with Crippen molar-refractivity contribution in [2.45, 2.75) is 32.4 Å². The molecule has 8 heteroatoms. The summed E-state index contributed by atoms with van der Waals surface area (Å²) in [5.41, 5.74) is 6.51. The fourth-order valence-electron chi connectivity index (χ4n) is 1.92. The van der Waals surface area contributed by atoms with Crippen molar-refractivity contribution in [1.29, 1.82) is 0 Å².